The van der Waals surface area contributed by atoms with Crippen LogP contribution >= 0.6 is 0 Å². The number of carbonyl (C=O) groups is 1. The van der Waals surface area contributed by atoms with Gasteiger partial charge in [0.2, 0.25) is 0 Å². The Morgan fingerprint density at radius 2 is 1.90 bits per heavy atom. The topological polar surface area (TPSA) is 104 Å². The lowest BCUT2D eigenvalue weighted by Gasteiger charge is -2.49. The monoisotopic (exact) mass is 558 g/mol. The Labute approximate surface area is 238 Å². The van der Waals surface area contributed by atoms with Crippen LogP contribution in [0, 0.1) is 17.8 Å². The predicted octanol–water partition coefficient (Wildman–Crippen LogP) is 4.51. The van der Waals surface area contributed by atoms with E-state index in [9.17, 15) is 15.0 Å². The molecule has 4 aliphatic heterocycles. The summed E-state index contributed by atoms with van der Waals surface area (Å²) in [4.78, 5) is 14.0. The molecule has 3 saturated heterocycles. The molecule has 0 aromatic rings. The molecule has 5 aliphatic rings. The van der Waals surface area contributed by atoms with Gasteiger partial charge in [-0.25, -0.2) is 0 Å². The Hall–Kier alpha value is -1.81. The molecule has 1 aliphatic carbocycles. The number of rotatable bonds is 1. The molecule has 0 unspecified atom stereocenters. The van der Waals surface area contributed by atoms with Crippen molar-refractivity contribution in [1.29, 1.82) is 0 Å². The zero-order valence-corrected chi connectivity index (χ0v) is 24.7. The number of methoxy groups -OCH3 is 1. The fraction of sp³-hybridized carbons (Fsp3) is 0.719. The van der Waals surface area contributed by atoms with E-state index in [0.29, 0.717) is 36.3 Å². The van der Waals surface area contributed by atoms with Crippen molar-refractivity contribution in [2.24, 2.45) is 17.8 Å². The van der Waals surface area contributed by atoms with E-state index in [0.717, 1.165) is 19.3 Å². The fourth-order valence-corrected chi connectivity index (χ4v) is 7.07. The van der Waals surface area contributed by atoms with Crippen LogP contribution in [0.15, 0.2) is 47.1 Å². The molecule has 0 amide bonds. The molecule has 8 nitrogen and oxygen atoms in total. The molecule has 1 spiro atoms. The first-order valence-corrected chi connectivity index (χ1v) is 14.8. The minimum absolute atomic E-state index is 0.0350. The minimum Gasteiger partial charge on any atom is -0.462 e. The number of esters is 1. The number of ether oxygens (including phenoxy) is 5. The highest BCUT2D eigenvalue weighted by Gasteiger charge is 2.63. The average molecular weight is 559 g/mol. The summed E-state index contributed by atoms with van der Waals surface area (Å²) < 4.78 is 30.9. The lowest BCUT2D eigenvalue weighted by molar-refractivity contribution is -0.332. The molecular weight excluding hydrogens is 512 g/mol. The lowest BCUT2D eigenvalue weighted by atomic mass is 9.70. The summed E-state index contributed by atoms with van der Waals surface area (Å²) in [6.07, 6.45) is 10.2. The quantitative estimate of drug-likeness (QED) is 0.358. The van der Waals surface area contributed by atoms with E-state index in [1.54, 1.807) is 19.1 Å². The number of allylic oxidation sites excluding steroid dienone is 4. The molecule has 5 rings (SSSR count). The van der Waals surface area contributed by atoms with Gasteiger partial charge in [0.05, 0.1) is 12.2 Å². The third-order valence-electron chi connectivity index (χ3n) is 9.55. The van der Waals surface area contributed by atoms with Gasteiger partial charge in [-0.3, -0.25) is 4.79 Å². The standard InChI is InChI=1S/C32H46O8/c1-18-8-7-9-25-30(36-6)38-28-27(33)21(4)15-26(32(25,28)35)29(34)37-24-16-23(11-10-19(2)14-18)40-31(17-24)13-12-20(3)22(5)39-31/h7-10,15,18,20,22-24,26-28,30,33,35H,11-14,16-17H2,1-6H3/b8-7+,19-10+,25-9+/t18-,20-,22+,23+,24-,26-,27+,28+,30+,31-,32+/m0/s1. The van der Waals surface area contributed by atoms with Crippen LogP contribution in [0.1, 0.15) is 73.1 Å². The van der Waals surface area contributed by atoms with Crippen molar-refractivity contribution in [3.8, 4) is 0 Å². The van der Waals surface area contributed by atoms with Crippen molar-refractivity contribution in [1.82, 2.24) is 0 Å². The predicted molar refractivity (Wildman–Crippen MR) is 149 cm³/mol. The third-order valence-corrected chi connectivity index (χ3v) is 9.55. The van der Waals surface area contributed by atoms with Crippen LogP contribution in [0.25, 0.3) is 0 Å². The molecule has 2 bridgehead atoms. The van der Waals surface area contributed by atoms with Gasteiger partial charge in [-0.1, -0.05) is 49.8 Å². The second-order valence-corrected chi connectivity index (χ2v) is 12.7. The SMILES string of the molecule is CO[C@@H]1O[C@@H]2[C@H](O)C(C)=C[C@H]3C(=O)O[C@H]4C[C@@H](C/C=C(\C)C[C@@H](C)/C=C/C=C\1[C@]23O)O[C@@]1(CC[C@H](C)[C@@H](C)O1)C4. The molecule has 3 fully saturated rings. The molecular formula is C32H46O8. The maximum absolute atomic E-state index is 14.0. The number of carbonyl (C=O) groups excluding carboxylic acids is 1. The van der Waals surface area contributed by atoms with E-state index in [1.165, 1.54) is 12.7 Å². The average Bonchev–Trinajstić information content (AvgIpc) is 3.19. The molecule has 40 heavy (non-hydrogen) atoms. The first kappa shape index (κ1) is 29.7. The van der Waals surface area contributed by atoms with Crippen LogP contribution in [0.2, 0.25) is 0 Å². The number of hydrogen-bond acceptors (Lipinski definition) is 8. The van der Waals surface area contributed by atoms with Gasteiger partial charge >= 0.3 is 5.97 Å². The Morgan fingerprint density at radius 1 is 1.12 bits per heavy atom. The van der Waals surface area contributed by atoms with E-state index in [-0.39, 0.29) is 18.1 Å². The van der Waals surface area contributed by atoms with Crippen molar-refractivity contribution in [2.75, 3.05) is 7.11 Å². The Bertz CT molecular complexity index is 1090. The van der Waals surface area contributed by atoms with E-state index in [1.807, 2.05) is 6.08 Å². The van der Waals surface area contributed by atoms with Crippen molar-refractivity contribution >= 4 is 5.97 Å². The van der Waals surface area contributed by atoms with Crippen LogP contribution in [-0.4, -0.2) is 71.5 Å². The third kappa shape index (κ3) is 5.51. The zero-order valence-electron chi connectivity index (χ0n) is 24.7. The summed E-state index contributed by atoms with van der Waals surface area (Å²) in [6.45, 7) is 10.3. The molecule has 0 aromatic carbocycles. The van der Waals surface area contributed by atoms with Gasteiger partial charge in [0.25, 0.3) is 0 Å². The molecule has 11 atom stereocenters. The van der Waals surface area contributed by atoms with Crippen molar-refractivity contribution in [3.63, 3.8) is 0 Å². The van der Waals surface area contributed by atoms with Crippen molar-refractivity contribution in [3.05, 3.63) is 47.1 Å². The summed E-state index contributed by atoms with van der Waals surface area (Å²) in [5, 5.41) is 23.2. The molecule has 2 N–H and O–H groups in total. The van der Waals surface area contributed by atoms with Crippen molar-refractivity contribution < 1.29 is 38.7 Å². The molecule has 0 saturated carbocycles. The first-order valence-electron chi connectivity index (χ1n) is 14.8. The first-order chi connectivity index (χ1) is 19.0. The molecule has 222 valence electrons. The van der Waals surface area contributed by atoms with Gasteiger partial charge in [0, 0.05) is 31.9 Å². The summed E-state index contributed by atoms with van der Waals surface area (Å²) in [7, 11) is 1.49. The Kier molecular flexibility index (Phi) is 8.50. The Morgan fingerprint density at radius 3 is 2.62 bits per heavy atom. The van der Waals surface area contributed by atoms with Gasteiger partial charge < -0.3 is 33.9 Å². The largest absolute Gasteiger partial charge is 0.462 e. The molecule has 8 heteroatoms. The van der Waals surface area contributed by atoms with Gasteiger partial charge in [0.1, 0.15) is 29.8 Å². The zero-order chi connectivity index (χ0) is 28.8. The number of fused-ring (bicyclic) bond motifs is 2. The molecule has 4 heterocycles. The molecule has 0 radical (unpaired) electrons. The Balaban J connectivity index is 1.54. The fourth-order valence-electron chi connectivity index (χ4n) is 7.07. The normalized spacial score (nSPS) is 49.6. The number of aliphatic hydroxyl groups excluding tert-OH is 1. The van der Waals surface area contributed by atoms with E-state index in [2.05, 4.69) is 39.8 Å². The van der Waals surface area contributed by atoms with Crippen LogP contribution in [-0.2, 0) is 28.5 Å². The summed E-state index contributed by atoms with van der Waals surface area (Å²) in [6, 6.07) is 0. The van der Waals surface area contributed by atoms with Crippen LogP contribution in [0.5, 0.6) is 0 Å². The maximum Gasteiger partial charge on any atom is 0.316 e. The van der Waals surface area contributed by atoms with Gasteiger partial charge in [-0.15, -0.1) is 0 Å². The van der Waals surface area contributed by atoms with Crippen LogP contribution < -0.4 is 0 Å². The van der Waals surface area contributed by atoms with Crippen LogP contribution in [0.3, 0.4) is 0 Å². The van der Waals surface area contributed by atoms with E-state index >= 15 is 0 Å². The van der Waals surface area contributed by atoms with Gasteiger partial charge in [-0.05, 0) is 57.4 Å². The van der Waals surface area contributed by atoms with E-state index in [4.69, 9.17) is 23.7 Å². The summed E-state index contributed by atoms with van der Waals surface area (Å²) in [5.41, 5.74) is 0.373. The number of aliphatic hydroxyl groups is 2. The summed E-state index contributed by atoms with van der Waals surface area (Å²) >= 11 is 0. The van der Waals surface area contributed by atoms with E-state index < -0.39 is 47.9 Å². The maximum atomic E-state index is 14.0. The highest BCUT2D eigenvalue weighted by Crippen LogP contribution is 2.49. The van der Waals surface area contributed by atoms with Gasteiger partial charge in [0.15, 0.2) is 12.1 Å². The lowest BCUT2D eigenvalue weighted by Crippen LogP contribution is -2.58. The summed E-state index contributed by atoms with van der Waals surface area (Å²) in [5.74, 6) is -1.77. The highest BCUT2D eigenvalue weighted by atomic mass is 16.7. The van der Waals surface area contributed by atoms with Gasteiger partial charge in [-0.2, -0.15) is 0 Å². The minimum atomic E-state index is -1.83. The van der Waals surface area contributed by atoms with Crippen molar-refractivity contribution in [2.45, 2.75) is 121 Å². The van der Waals surface area contributed by atoms with Crippen LogP contribution in [0.4, 0.5) is 0 Å². The second kappa shape index (κ2) is 11.5. The smallest absolute Gasteiger partial charge is 0.316 e. The number of hydrogen-bond donors (Lipinski definition) is 2. The second-order valence-electron chi connectivity index (χ2n) is 12.7. The highest BCUT2D eigenvalue weighted by molar-refractivity contribution is 5.78. The molecule has 0 aromatic heterocycles.